The summed E-state index contributed by atoms with van der Waals surface area (Å²) in [6.07, 6.45) is 2.76. The molecule has 0 unspecified atom stereocenters. The molecular formula is C8H6N2O2. The van der Waals surface area contributed by atoms with Crippen LogP contribution in [0, 0.1) is 0 Å². The minimum atomic E-state index is -0.240. The van der Waals surface area contributed by atoms with Crippen LogP contribution in [0.25, 0.3) is 10.9 Å². The van der Waals surface area contributed by atoms with Gasteiger partial charge in [0.25, 0.3) is 5.56 Å². The summed E-state index contributed by atoms with van der Waals surface area (Å²) in [6, 6.07) is 3.26. The van der Waals surface area contributed by atoms with Crippen molar-refractivity contribution in [1.29, 1.82) is 0 Å². The van der Waals surface area contributed by atoms with Crippen molar-refractivity contribution < 1.29 is 5.11 Å². The number of hydrogen-bond donors (Lipinski definition) is 2. The van der Waals surface area contributed by atoms with E-state index < -0.39 is 0 Å². The first-order valence-electron chi connectivity index (χ1n) is 3.44. The lowest BCUT2D eigenvalue weighted by Gasteiger charge is -1.96. The monoisotopic (exact) mass is 162 g/mol. The summed E-state index contributed by atoms with van der Waals surface area (Å²) in [7, 11) is 0. The SMILES string of the molecule is O=c1[nH]cc(O)c2ncccc12. The summed E-state index contributed by atoms with van der Waals surface area (Å²) in [6.45, 7) is 0. The molecule has 0 aliphatic carbocycles. The summed E-state index contributed by atoms with van der Waals surface area (Å²) >= 11 is 0. The molecule has 2 heterocycles. The Morgan fingerprint density at radius 3 is 3.08 bits per heavy atom. The minimum absolute atomic E-state index is 0.00907. The van der Waals surface area contributed by atoms with E-state index in [1.807, 2.05) is 0 Å². The van der Waals surface area contributed by atoms with Crippen molar-refractivity contribution in [2.75, 3.05) is 0 Å². The Balaban J connectivity index is 3.05. The molecule has 0 aliphatic heterocycles. The van der Waals surface area contributed by atoms with Crippen LogP contribution >= 0.6 is 0 Å². The second-order valence-electron chi connectivity index (χ2n) is 2.40. The number of nitrogens with zero attached hydrogens (tertiary/aromatic N) is 1. The van der Waals surface area contributed by atoms with Gasteiger partial charge in [0.05, 0.1) is 5.39 Å². The largest absolute Gasteiger partial charge is 0.504 e. The lowest BCUT2D eigenvalue weighted by Crippen LogP contribution is -2.04. The number of aromatic amines is 1. The Hall–Kier alpha value is -1.84. The maximum atomic E-state index is 11.1. The van der Waals surface area contributed by atoms with Gasteiger partial charge in [0.2, 0.25) is 0 Å². The zero-order valence-electron chi connectivity index (χ0n) is 6.11. The van der Waals surface area contributed by atoms with Crippen molar-refractivity contribution in [3.05, 3.63) is 34.9 Å². The van der Waals surface area contributed by atoms with Gasteiger partial charge < -0.3 is 10.1 Å². The molecule has 4 nitrogen and oxygen atoms in total. The van der Waals surface area contributed by atoms with Gasteiger partial charge in [-0.2, -0.15) is 0 Å². The third kappa shape index (κ3) is 0.852. The van der Waals surface area contributed by atoms with Crippen molar-refractivity contribution in [3.63, 3.8) is 0 Å². The molecule has 60 valence electrons. The Kier molecular flexibility index (Phi) is 1.33. The minimum Gasteiger partial charge on any atom is -0.504 e. The van der Waals surface area contributed by atoms with Gasteiger partial charge in [0.1, 0.15) is 5.52 Å². The van der Waals surface area contributed by atoms with E-state index in [1.54, 1.807) is 12.1 Å². The lowest BCUT2D eigenvalue weighted by atomic mass is 10.2. The first-order valence-corrected chi connectivity index (χ1v) is 3.44. The molecule has 0 atom stereocenters. The smallest absolute Gasteiger partial charge is 0.257 e. The standard InChI is InChI=1S/C8H6N2O2/c11-6-4-10-8(12)5-2-1-3-9-7(5)6/h1-4,11H,(H,10,12). The average molecular weight is 162 g/mol. The normalized spacial score (nSPS) is 10.3. The summed E-state index contributed by atoms with van der Waals surface area (Å²) in [5, 5.41) is 9.66. The molecule has 2 aromatic rings. The third-order valence-electron chi connectivity index (χ3n) is 1.63. The van der Waals surface area contributed by atoms with Gasteiger partial charge in [-0.05, 0) is 12.1 Å². The maximum Gasteiger partial charge on any atom is 0.257 e. The van der Waals surface area contributed by atoms with Crippen LogP contribution in [0.2, 0.25) is 0 Å². The number of aromatic nitrogens is 2. The molecule has 0 bridgehead atoms. The molecule has 12 heavy (non-hydrogen) atoms. The zero-order valence-corrected chi connectivity index (χ0v) is 6.11. The molecule has 2 rings (SSSR count). The fourth-order valence-electron chi connectivity index (χ4n) is 1.07. The Morgan fingerprint density at radius 2 is 2.33 bits per heavy atom. The van der Waals surface area contributed by atoms with Crippen LogP contribution in [0.15, 0.2) is 29.3 Å². The number of H-pyrrole nitrogens is 1. The van der Waals surface area contributed by atoms with Crippen LogP contribution in [0.5, 0.6) is 5.75 Å². The van der Waals surface area contributed by atoms with Crippen LogP contribution < -0.4 is 5.56 Å². The molecular weight excluding hydrogens is 156 g/mol. The molecule has 0 saturated carbocycles. The van der Waals surface area contributed by atoms with E-state index >= 15 is 0 Å². The van der Waals surface area contributed by atoms with Crippen molar-refractivity contribution >= 4 is 10.9 Å². The highest BCUT2D eigenvalue weighted by Crippen LogP contribution is 2.15. The van der Waals surface area contributed by atoms with E-state index in [-0.39, 0.29) is 11.3 Å². The maximum absolute atomic E-state index is 11.1. The third-order valence-corrected chi connectivity index (χ3v) is 1.63. The van der Waals surface area contributed by atoms with Crippen molar-refractivity contribution in [2.45, 2.75) is 0 Å². The lowest BCUT2D eigenvalue weighted by molar-refractivity contribution is 0.477. The number of hydrogen-bond acceptors (Lipinski definition) is 3. The molecule has 0 amide bonds. The van der Waals surface area contributed by atoms with E-state index in [2.05, 4.69) is 9.97 Å². The highest BCUT2D eigenvalue weighted by Gasteiger charge is 2.01. The van der Waals surface area contributed by atoms with Crippen LogP contribution in [-0.4, -0.2) is 15.1 Å². The topological polar surface area (TPSA) is 66.0 Å². The molecule has 2 aromatic heterocycles. The molecule has 0 spiro atoms. The van der Waals surface area contributed by atoms with Gasteiger partial charge in [-0.15, -0.1) is 0 Å². The second kappa shape index (κ2) is 2.34. The quantitative estimate of drug-likeness (QED) is 0.597. The van der Waals surface area contributed by atoms with Crippen LogP contribution in [0.1, 0.15) is 0 Å². The van der Waals surface area contributed by atoms with E-state index in [0.29, 0.717) is 10.9 Å². The Morgan fingerprint density at radius 1 is 1.50 bits per heavy atom. The zero-order chi connectivity index (χ0) is 8.55. The van der Waals surface area contributed by atoms with Gasteiger partial charge in [0.15, 0.2) is 5.75 Å². The molecule has 0 aromatic carbocycles. The predicted octanol–water partition coefficient (Wildman–Crippen LogP) is 0.629. The average Bonchev–Trinajstić information content (AvgIpc) is 2.12. The molecule has 4 heteroatoms. The number of aromatic hydroxyl groups is 1. The van der Waals surface area contributed by atoms with Crippen LogP contribution in [0.3, 0.4) is 0 Å². The molecule has 0 saturated heterocycles. The Labute approximate surface area is 67.5 Å². The number of fused-ring (bicyclic) bond motifs is 1. The van der Waals surface area contributed by atoms with Gasteiger partial charge in [-0.25, -0.2) is 0 Å². The van der Waals surface area contributed by atoms with Crippen LogP contribution in [-0.2, 0) is 0 Å². The fraction of sp³-hybridized carbons (Fsp3) is 0. The van der Waals surface area contributed by atoms with Crippen molar-refractivity contribution in [2.24, 2.45) is 0 Å². The number of nitrogens with one attached hydrogen (secondary N) is 1. The number of pyridine rings is 2. The van der Waals surface area contributed by atoms with Gasteiger partial charge >= 0.3 is 0 Å². The number of rotatable bonds is 0. The highest BCUT2D eigenvalue weighted by atomic mass is 16.3. The first kappa shape index (κ1) is 6.84. The highest BCUT2D eigenvalue weighted by molar-refractivity contribution is 5.82. The fourth-order valence-corrected chi connectivity index (χ4v) is 1.07. The summed E-state index contributed by atoms with van der Waals surface area (Å²) < 4.78 is 0. The van der Waals surface area contributed by atoms with E-state index in [4.69, 9.17) is 0 Å². The first-order chi connectivity index (χ1) is 5.79. The van der Waals surface area contributed by atoms with Crippen molar-refractivity contribution in [3.8, 4) is 5.75 Å². The van der Waals surface area contributed by atoms with Crippen LogP contribution in [0.4, 0.5) is 0 Å². The van der Waals surface area contributed by atoms with Gasteiger partial charge in [0, 0.05) is 12.4 Å². The second-order valence-corrected chi connectivity index (χ2v) is 2.40. The molecule has 0 fully saturated rings. The van der Waals surface area contributed by atoms with E-state index in [1.165, 1.54) is 12.4 Å². The van der Waals surface area contributed by atoms with E-state index in [0.717, 1.165) is 0 Å². The predicted molar refractivity (Wildman–Crippen MR) is 44.0 cm³/mol. The molecule has 0 aliphatic rings. The van der Waals surface area contributed by atoms with Gasteiger partial charge in [-0.3, -0.25) is 9.78 Å². The van der Waals surface area contributed by atoms with E-state index in [9.17, 15) is 9.90 Å². The summed E-state index contributed by atoms with van der Waals surface area (Å²) in [4.78, 5) is 17.4. The van der Waals surface area contributed by atoms with Crippen molar-refractivity contribution in [1.82, 2.24) is 9.97 Å². The molecule has 0 radical (unpaired) electrons. The Bertz CT molecular complexity index is 476. The van der Waals surface area contributed by atoms with Gasteiger partial charge in [-0.1, -0.05) is 0 Å². The summed E-state index contributed by atoms with van der Waals surface area (Å²) in [5.74, 6) is -0.00907. The molecule has 2 N–H and O–H groups in total. The summed E-state index contributed by atoms with van der Waals surface area (Å²) in [5.41, 5.74) is 0.0946.